The van der Waals surface area contributed by atoms with Crippen molar-refractivity contribution in [2.24, 2.45) is 0 Å². The maximum absolute atomic E-state index is 9.95. The maximum Gasteiger partial charge on any atom is 0.144 e. The Morgan fingerprint density at radius 2 is 2.11 bits per heavy atom. The van der Waals surface area contributed by atoms with Gasteiger partial charge in [0, 0.05) is 0 Å². The number of aliphatic hydroxyl groups excluding tert-OH is 3. The number of rotatable bonds is 2. The van der Waals surface area contributed by atoms with Gasteiger partial charge >= 0.3 is 0 Å². The molecule has 19 heavy (non-hydrogen) atoms. The van der Waals surface area contributed by atoms with Crippen molar-refractivity contribution in [1.29, 1.82) is 0 Å². The predicted molar refractivity (Wildman–Crippen MR) is 67.5 cm³/mol. The molecule has 2 aromatic rings. The summed E-state index contributed by atoms with van der Waals surface area (Å²) in [4.78, 5) is 7.44. The fraction of sp³-hybridized carbons (Fsp3) is 0.462. The van der Waals surface area contributed by atoms with Gasteiger partial charge in [-0.05, 0) is 24.6 Å². The molecule has 0 saturated carbocycles. The number of aromatic amines is 1. The molecule has 0 unspecified atom stereocenters. The highest BCUT2D eigenvalue weighted by Crippen LogP contribution is 2.32. The maximum atomic E-state index is 9.95. The molecule has 6 heteroatoms. The number of hydrogen-bond acceptors (Lipinski definition) is 5. The van der Waals surface area contributed by atoms with E-state index >= 15 is 0 Å². The van der Waals surface area contributed by atoms with Gasteiger partial charge in [0.15, 0.2) is 0 Å². The first-order valence-electron chi connectivity index (χ1n) is 6.19. The van der Waals surface area contributed by atoms with E-state index in [0.717, 1.165) is 16.6 Å². The van der Waals surface area contributed by atoms with Crippen LogP contribution in [0.25, 0.3) is 11.0 Å². The van der Waals surface area contributed by atoms with Crippen LogP contribution in [-0.4, -0.2) is 50.2 Å². The van der Waals surface area contributed by atoms with Gasteiger partial charge < -0.3 is 25.0 Å². The molecule has 0 spiro atoms. The second-order valence-corrected chi connectivity index (χ2v) is 4.90. The number of ether oxygens (including phenoxy) is 1. The third-order valence-electron chi connectivity index (χ3n) is 3.47. The van der Waals surface area contributed by atoms with Crippen molar-refractivity contribution in [1.82, 2.24) is 9.97 Å². The molecule has 0 radical (unpaired) electrons. The van der Waals surface area contributed by atoms with Crippen LogP contribution in [0.4, 0.5) is 0 Å². The van der Waals surface area contributed by atoms with Gasteiger partial charge in [0.05, 0.1) is 17.6 Å². The van der Waals surface area contributed by atoms with Crippen molar-refractivity contribution < 1.29 is 20.1 Å². The van der Waals surface area contributed by atoms with Crippen LogP contribution in [0, 0.1) is 6.92 Å². The summed E-state index contributed by atoms with van der Waals surface area (Å²) < 4.78 is 5.44. The van der Waals surface area contributed by atoms with E-state index in [4.69, 9.17) is 9.84 Å². The lowest BCUT2D eigenvalue weighted by Gasteiger charge is -2.11. The number of nitrogens with one attached hydrogen (secondary N) is 1. The summed E-state index contributed by atoms with van der Waals surface area (Å²) >= 11 is 0. The van der Waals surface area contributed by atoms with Crippen molar-refractivity contribution in [2.75, 3.05) is 6.61 Å². The van der Waals surface area contributed by atoms with Gasteiger partial charge in [-0.1, -0.05) is 6.07 Å². The first kappa shape index (κ1) is 12.6. The minimum absolute atomic E-state index is 0.339. The van der Waals surface area contributed by atoms with E-state index in [0.29, 0.717) is 5.82 Å². The van der Waals surface area contributed by atoms with Gasteiger partial charge in [-0.2, -0.15) is 0 Å². The van der Waals surface area contributed by atoms with Gasteiger partial charge in [0.25, 0.3) is 0 Å². The average molecular weight is 264 g/mol. The summed E-state index contributed by atoms with van der Waals surface area (Å²) in [6.07, 6.45) is -3.74. The Bertz CT molecular complexity index is 597. The molecule has 0 aliphatic carbocycles. The smallest absolute Gasteiger partial charge is 0.144 e. The number of aromatic nitrogens is 2. The molecule has 1 fully saturated rings. The normalized spacial score (nSPS) is 31.2. The first-order chi connectivity index (χ1) is 9.10. The summed E-state index contributed by atoms with van der Waals surface area (Å²) in [6, 6.07) is 5.78. The fourth-order valence-electron chi connectivity index (χ4n) is 2.40. The van der Waals surface area contributed by atoms with E-state index in [1.54, 1.807) is 0 Å². The summed E-state index contributed by atoms with van der Waals surface area (Å²) in [6.45, 7) is 1.64. The van der Waals surface area contributed by atoms with Crippen LogP contribution in [0.15, 0.2) is 18.2 Å². The Labute approximate surface area is 109 Å². The van der Waals surface area contributed by atoms with Crippen LogP contribution in [-0.2, 0) is 4.74 Å². The minimum Gasteiger partial charge on any atom is -0.394 e. The third-order valence-corrected chi connectivity index (χ3v) is 3.47. The third kappa shape index (κ3) is 2.02. The summed E-state index contributed by atoms with van der Waals surface area (Å²) in [5.74, 6) is 0.461. The average Bonchev–Trinajstić information content (AvgIpc) is 2.92. The number of aliphatic hydroxyl groups is 3. The van der Waals surface area contributed by atoms with Crippen molar-refractivity contribution in [3.8, 4) is 0 Å². The van der Waals surface area contributed by atoms with Gasteiger partial charge in [-0.3, -0.25) is 0 Å². The molecular weight excluding hydrogens is 248 g/mol. The Morgan fingerprint density at radius 3 is 2.79 bits per heavy atom. The molecule has 102 valence electrons. The largest absolute Gasteiger partial charge is 0.394 e. The highest BCUT2D eigenvalue weighted by Gasteiger charge is 2.44. The zero-order valence-corrected chi connectivity index (χ0v) is 10.4. The van der Waals surface area contributed by atoms with Gasteiger partial charge in [0.2, 0.25) is 0 Å². The number of aryl methyl sites for hydroxylation is 1. The lowest BCUT2D eigenvalue weighted by molar-refractivity contribution is -0.0249. The Morgan fingerprint density at radius 1 is 1.32 bits per heavy atom. The second kappa shape index (κ2) is 4.57. The molecule has 1 saturated heterocycles. The molecule has 2 heterocycles. The Hall–Kier alpha value is -1.47. The molecule has 3 rings (SSSR count). The highest BCUT2D eigenvalue weighted by molar-refractivity contribution is 5.75. The van der Waals surface area contributed by atoms with E-state index in [9.17, 15) is 10.2 Å². The predicted octanol–water partition coefficient (Wildman–Crippen LogP) is 0.0253. The first-order valence-corrected chi connectivity index (χ1v) is 6.19. The van der Waals surface area contributed by atoms with Crippen molar-refractivity contribution in [3.63, 3.8) is 0 Å². The number of benzene rings is 1. The fourth-order valence-corrected chi connectivity index (χ4v) is 2.40. The zero-order valence-electron chi connectivity index (χ0n) is 10.4. The molecule has 0 amide bonds. The van der Waals surface area contributed by atoms with E-state index in [-0.39, 0.29) is 6.61 Å². The SMILES string of the molecule is Cc1ccc2nc([C@@H]3O[C@H](CO)[C@@H](O)[C@H]3O)[nH]c2c1. The molecule has 4 atom stereocenters. The Kier molecular flexibility index (Phi) is 3.02. The van der Waals surface area contributed by atoms with Gasteiger partial charge in [0.1, 0.15) is 30.2 Å². The van der Waals surface area contributed by atoms with Gasteiger partial charge in [-0.25, -0.2) is 4.98 Å². The highest BCUT2D eigenvalue weighted by atomic mass is 16.6. The molecule has 0 bridgehead atoms. The molecule has 1 aromatic heterocycles. The van der Waals surface area contributed by atoms with Crippen molar-refractivity contribution in [3.05, 3.63) is 29.6 Å². The second-order valence-electron chi connectivity index (χ2n) is 4.90. The molecule has 6 nitrogen and oxygen atoms in total. The minimum atomic E-state index is -1.11. The van der Waals surface area contributed by atoms with Crippen molar-refractivity contribution in [2.45, 2.75) is 31.3 Å². The molecule has 1 aromatic carbocycles. The van der Waals surface area contributed by atoms with Crippen LogP contribution in [0.2, 0.25) is 0 Å². The van der Waals surface area contributed by atoms with Crippen LogP contribution < -0.4 is 0 Å². The van der Waals surface area contributed by atoms with Crippen LogP contribution in [0.3, 0.4) is 0 Å². The van der Waals surface area contributed by atoms with Crippen LogP contribution >= 0.6 is 0 Å². The molecule has 1 aliphatic rings. The zero-order chi connectivity index (χ0) is 13.6. The van der Waals surface area contributed by atoms with Gasteiger partial charge in [-0.15, -0.1) is 0 Å². The standard InChI is InChI=1S/C13H16N2O4/c1-6-2-3-7-8(4-6)15-13(14-7)12-11(18)10(17)9(5-16)19-12/h2-4,9-12,16-18H,5H2,1H3,(H,14,15)/t9-,10-,11-,12-/m1/s1. The van der Waals surface area contributed by atoms with E-state index in [2.05, 4.69) is 9.97 Å². The lowest BCUT2D eigenvalue weighted by atomic mass is 10.1. The number of H-pyrrole nitrogens is 1. The van der Waals surface area contributed by atoms with E-state index < -0.39 is 24.4 Å². The number of nitrogens with zero attached hydrogens (tertiary/aromatic N) is 1. The van der Waals surface area contributed by atoms with E-state index in [1.807, 2.05) is 25.1 Å². The number of imidazole rings is 1. The Balaban J connectivity index is 1.96. The van der Waals surface area contributed by atoms with E-state index in [1.165, 1.54) is 0 Å². The lowest BCUT2D eigenvalue weighted by Crippen LogP contribution is -2.32. The summed E-state index contributed by atoms with van der Waals surface area (Å²) in [5, 5.41) is 28.7. The molecule has 1 aliphatic heterocycles. The summed E-state index contributed by atoms with van der Waals surface area (Å²) in [7, 11) is 0. The quantitative estimate of drug-likeness (QED) is 0.613. The molecular formula is C13H16N2O4. The monoisotopic (exact) mass is 264 g/mol. The van der Waals surface area contributed by atoms with Crippen LogP contribution in [0.1, 0.15) is 17.5 Å². The topological polar surface area (TPSA) is 98.6 Å². The molecule has 4 N–H and O–H groups in total. The number of fused-ring (bicyclic) bond motifs is 1. The summed E-state index contributed by atoms with van der Waals surface area (Å²) in [5.41, 5.74) is 2.73. The van der Waals surface area contributed by atoms with Crippen molar-refractivity contribution >= 4 is 11.0 Å². The van der Waals surface area contributed by atoms with Crippen LogP contribution in [0.5, 0.6) is 0 Å². The number of hydrogen-bond donors (Lipinski definition) is 4.